The van der Waals surface area contributed by atoms with Gasteiger partial charge in [0.1, 0.15) is 11.6 Å². The molecule has 0 radical (unpaired) electrons. The maximum absolute atomic E-state index is 14.1. The number of carbonyl (C=O) groups excluding carboxylic acids is 1. The van der Waals surface area contributed by atoms with Crippen LogP contribution in [0.2, 0.25) is 0 Å². The zero-order chi connectivity index (χ0) is 22.9. The number of nitrogens with zero attached hydrogens (tertiary/aromatic N) is 2. The van der Waals surface area contributed by atoms with Crippen LogP contribution in [-0.2, 0) is 6.54 Å². The molecule has 0 aromatic heterocycles. The fourth-order valence-corrected chi connectivity index (χ4v) is 3.66. The first kappa shape index (κ1) is 23.5. The van der Waals surface area contributed by atoms with Gasteiger partial charge in [-0.3, -0.25) is 9.79 Å². The number of carbonyl (C=O) groups is 1. The van der Waals surface area contributed by atoms with E-state index >= 15 is 0 Å². The molecule has 1 atom stereocenters. The Morgan fingerprint density at radius 1 is 1.16 bits per heavy atom. The summed E-state index contributed by atoms with van der Waals surface area (Å²) in [5.74, 6) is -0.526. The van der Waals surface area contributed by atoms with E-state index in [9.17, 15) is 13.6 Å². The molecule has 3 N–H and O–H groups in total. The zero-order valence-corrected chi connectivity index (χ0v) is 18.6. The van der Waals surface area contributed by atoms with Crippen molar-refractivity contribution in [1.29, 1.82) is 0 Å². The summed E-state index contributed by atoms with van der Waals surface area (Å²) in [7, 11) is 1.70. The van der Waals surface area contributed by atoms with Crippen molar-refractivity contribution in [3.63, 3.8) is 0 Å². The SMILES string of the molecule is CCCCNC(=O)c1ccc(CNC(=NC)NC2CCN(c3ccc(F)cc3F)C2)cc1. The number of hydrogen-bond donors (Lipinski definition) is 3. The predicted octanol–water partition coefficient (Wildman–Crippen LogP) is 3.44. The second-order valence-corrected chi connectivity index (χ2v) is 7.90. The molecule has 0 spiro atoms. The molecule has 32 heavy (non-hydrogen) atoms. The van der Waals surface area contributed by atoms with E-state index in [1.54, 1.807) is 7.05 Å². The molecule has 3 rings (SSSR count). The minimum atomic E-state index is -0.574. The Morgan fingerprint density at radius 3 is 2.62 bits per heavy atom. The van der Waals surface area contributed by atoms with E-state index in [0.717, 1.165) is 30.9 Å². The largest absolute Gasteiger partial charge is 0.367 e. The molecule has 0 saturated carbocycles. The highest BCUT2D eigenvalue weighted by atomic mass is 19.1. The van der Waals surface area contributed by atoms with Crippen molar-refractivity contribution in [3.05, 3.63) is 65.2 Å². The van der Waals surface area contributed by atoms with Gasteiger partial charge >= 0.3 is 0 Å². The van der Waals surface area contributed by atoms with Gasteiger partial charge in [-0.2, -0.15) is 0 Å². The molecule has 1 fully saturated rings. The monoisotopic (exact) mass is 443 g/mol. The molecule has 2 aromatic carbocycles. The van der Waals surface area contributed by atoms with Crippen molar-refractivity contribution >= 4 is 17.6 Å². The molecule has 1 heterocycles. The number of halogens is 2. The number of guanidine groups is 1. The van der Waals surface area contributed by atoms with Gasteiger partial charge in [0.2, 0.25) is 0 Å². The molecule has 8 heteroatoms. The molecule has 1 aliphatic heterocycles. The molecule has 1 unspecified atom stereocenters. The smallest absolute Gasteiger partial charge is 0.251 e. The number of nitrogens with one attached hydrogen (secondary N) is 3. The molecule has 172 valence electrons. The minimum Gasteiger partial charge on any atom is -0.367 e. The fourth-order valence-electron chi connectivity index (χ4n) is 3.66. The summed E-state index contributed by atoms with van der Waals surface area (Å²) >= 11 is 0. The van der Waals surface area contributed by atoms with E-state index in [-0.39, 0.29) is 11.9 Å². The van der Waals surface area contributed by atoms with Gasteiger partial charge in [-0.15, -0.1) is 0 Å². The van der Waals surface area contributed by atoms with Crippen LogP contribution in [0.4, 0.5) is 14.5 Å². The van der Waals surface area contributed by atoms with Gasteiger partial charge < -0.3 is 20.9 Å². The lowest BCUT2D eigenvalue weighted by Gasteiger charge is -2.21. The highest BCUT2D eigenvalue weighted by Crippen LogP contribution is 2.24. The Hall–Kier alpha value is -3.16. The predicted molar refractivity (Wildman–Crippen MR) is 124 cm³/mol. The first-order valence-corrected chi connectivity index (χ1v) is 11.0. The van der Waals surface area contributed by atoms with Gasteiger partial charge in [0.05, 0.1) is 5.69 Å². The molecular weight excluding hydrogens is 412 g/mol. The summed E-state index contributed by atoms with van der Waals surface area (Å²) in [6.07, 6.45) is 2.83. The molecule has 6 nitrogen and oxygen atoms in total. The number of hydrogen-bond acceptors (Lipinski definition) is 3. The average molecular weight is 444 g/mol. The summed E-state index contributed by atoms with van der Waals surface area (Å²) in [6.45, 7) is 4.61. The summed E-state index contributed by atoms with van der Waals surface area (Å²) in [6, 6.07) is 11.2. The maximum atomic E-state index is 14.1. The Bertz CT molecular complexity index is 932. The van der Waals surface area contributed by atoms with Gasteiger partial charge in [-0.05, 0) is 42.7 Å². The third-order valence-electron chi connectivity index (χ3n) is 5.50. The standard InChI is InChI=1S/C24H31F2N5O/c1-3-4-12-28-23(32)18-7-5-17(6-8-18)15-29-24(27-2)30-20-11-13-31(16-20)22-10-9-19(25)14-21(22)26/h5-10,14,20H,3-4,11-13,15-16H2,1-2H3,(H,28,32)(H2,27,29,30). The quantitative estimate of drug-likeness (QED) is 0.332. The second kappa shape index (κ2) is 11.5. The van der Waals surface area contributed by atoms with E-state index < -0.39 is 11.6 Å². The highest BCUT2D eigenvalue weighted by molar-refractivity contribution is 5.94. The van der Waals surface area contributed by atoms with Crippen molar-refractivity contribution in [2.45, 2.75) is 38.8 Å². The lowest BCUT2D eigenvalue weighted by Crippen LogP contribution is -2.44. The average Bonchev–Trinajstić information content (AvgIpc) is 3.25. The van der Waals surface area contributed by atoms with Crippen LogP contribution in [0.1, 0.15) is 42.1 Å². The number of aliphatic imine (C=N–C) groups is 1. The number of amides is 1. The summed E-state index contributed by atoms with van der Waals surface area (Å²) in [5.41, 5.74) is 2.09. The summed E-state index contributed by atoms with van der Waals surface area (Å²) in [5, 5.41) is 9.55. The van der Waals surface area contributed by atoms with Crippen molar-refractivity contribution in [2.75, 3.05) is 31.6 Å². The third-order valence-corrected chi connectivity index (χ3v) is 5.50. The Labute approximate surface area is 188 Å². The molecule has 0 bridgehead atoms. The van der Waals surface area contributed by atoms with Gasteiger partial charge in [0, 0.05) is 50.9 Å². The first-order chi connectivity index (χ1) is 15.5. The normalized spacial score (nSPS) is 16.2. The van der Waals surface area contributed by atoms with E-state index in [1.165, 1.54) is 12.1 Å². The van der Waals surface area contributed by atoms with Crippen molar-refractivity contribution in [2.24, 2.45) is 4.99 Å². The van der Waals surface area contributed by atoms with Crippen molar-refractivity contribution in [1.82, 2.24) is 16.0 Å². The number of rotatable bonds is 8. The number of anilines is 1. The Kier molecular flexibility index (Phi) is 8.41. The number of benzene rings is 2. The van der Waals surface area contributed by atoms with Crippen LogP contribution < -0.4 is 20.9 Å². The summed E-state index contributed by atoms with van der Waals surface area (Å²) < 4.78 is 27.2. The Morgan fingerprint density at radius 2 is 1.94 bits per heavy atom. The van der Waals surface area contributed by atoms with Crippen LogP contribution in [0.15, 0.2) is 47.5 Å². The van der Waals surface area contributed by atoms with Gasteiger partial charge in [-0.25, -0.2) is 8.78 Å². The van der Waals surface area contributed by atoms with Crippen LogP contribution in [0.25, 0.3) is 0 Å². The number of unbranched alkanes of at least 4 members (excludes halogenated alkanes) is 1. The van der Waals surface area contributed by atoms with Crippen LogP contribution in [-0.4, -0.2) is 44.6 Å². The van der Waals surface area contributed by atoms with Crippen LogP contribution >= 0.6 is 0 Å². The minimum absolute atomic E-state index is 0.0567. The molecule has 0 aliphatic carbocycles. The maximum Gasteiger partial charge on any atom is 0.251 e. The highest BCUT2D eigenvalue weighted by Gasteiger charge is 2.25. The van der Waals surface area contributed by atoms with E-state index in [0.29, 0.717) is 43.4 Å². The Balaban J connectivity index is 1.47. The lowest BCUT2D eigenvalue weighted by molar-refractivity contribution is 0.0953. The van der Waals surface area contributed by atoms with Crippen LogP contribution in [0.5, 0.6) is 0 Å². The molecule has 1 aliphatic rings. The second-order valence-electron chi connectivity index (χ2n) is 7.90. The summed E-state index contributed by atoms with van der Waals surface area (Å²) in [4.78, 5) is 18.3. The van der Waals surface area contributed by atoms with Crippen molar-refractivity contribution < 1.29 is 13.6 Å². The lowest BCUT2D eigenvalue weighted by atomic mass is 10.1. The van der Waals surface area contributed by atoms with Crippen molar-refractivity contribution in [3.8, 4) is 0 Å². The molecule has 1 amide bonds. The fraction of sp³-hybridized carbons (Fsp3) is 0.417. The van der Waals surface area contributed by atoms with Gasteiger partial charge in [-0.1, -0.05) is 25.5 Å². The van der Waals surface area contributed by atoms with E-state index in [2.05, 4.69) is 27.9 Å². The molecular formula is C24H31F2N5O. The first-order valence-electron chi connectivity index (χ1n) is 11.0. The van der Waals surface area contributed by atoms with E-state index in [1.807, 2.05) is 29.2 Å². The van der Waals surface area contributed by atoms with E-state index in [4.69, 9.17) is 0 Å². The van der Waals surface area contributed by atoms with Crippen LogP contribution in [0.3, 0.4) is 0 Å². The third kappa shape index (κ3) is 6.42. The van der Waals surface area contributed by atoms with Gasteiger partial charge in [0.15, 0.2) is 5.96 Å². The molecule has 1 saturated heterocycles. The zero-order valence-electron chi connectivity index (χ0n) is 18.6. The topological polar surface area (TPSA) is 68.8 Å². The van der Waals surface area contributed by atoms with Gasteiger partial charge in [0.25, 0.3) is 5.91 Å². The van der Waals surface area contributed by atoms with Crippen LogP contribution in [0, 0.1) is 11.6 Å². The molecule has 2 aromatic rings.